The van der Waals surface area contributed by atoms with Gasteiger partial charge in [-0.2, -0.15) is 0 Å². The van der Waals surface area contributed by atoms with E-state index in [4.69, 9.17) is 9.47 Å². The van der Waals surface area contributed by atoms with Crippen LogP contribution in [0.25, 0.3) is 0 Å². The van der Waals surface area contributed by atoms with Crippen molar-refractivity contribution in [3.05, 3.63) is 29.8 Å². The second-order valence-electron chi connectivity index (χ2n) is 8.04. The van der Waals surface area contributed by atoms with Gasteiger partial charge in [-0.3, -0.25) is 14.6 Å². The van der Waals surface area contributed by atoms with E-state index >= 15 is 0 Å². The van der Waals surface area contributed by atoms with Gasteiger partial charge in [0.1, 0.15) is 5.75 Å². The first-order chi connectivity index (χ1) is 13.7. The SMILES string of the molecule is O=C(COc1ccc(CN2CCC(N3CC(O)C3)CC2)cc1)N1CCOCC1. The molecule has 0 aliphatic carbocycles. The van der Waals surface area contributed by atoms with Crippen LogP contribution in [0.1, 0.15) is 18.4 Å². The highest BCUT2D eigenvalue weighted by atomic mass is 16.5. The van der Waals surface area contributed by atoms with Gasteiger partial charge in [-0.15, -0.1) is 0 Å². The van der Waals surface area contributed by atoms with Crippen molar-refractivity contribution < 1.29 is 19.4 Å². The van der Waals surface area contributed by atoms with Gasteiger partial charge in [0.05, 0.1) is 19.3 Å². The summed E-state index contributed by atoms with van der Waals surface area (Å²) in [5.41, 5.74) is 1.27. The highest BCUT2D eigenvalue weighted by molar-refractivity contribution is 5.77. The molecule has 7 heteroatoms. The molecule has 7 nitrogen and oxygen atoms in total. The van der Waals surface area contributed by atoms with Crippen LogP contribution in [-0.4, -0.2) is 96.9 Å². The standard InChI is InChI=1S/C21H31N3O4/c25-19-14-24(15-19)18-5-7-22(8-6-18)13-17-1-3-20(4-2-17)28-16-21(26)23-9-11-27-12-10-23/h1-4,18-19,25H,5-16H2. The molecule has 154 valence electrons. The number of amides is 1. The number of benzene rings is 1. The van der Waals surface area contributed by atoms with Gasteiger partial charge in [0.25, 0.3) is 5.91 Å². The average Bonchev–Trinajstić information content (AvgIpc) is 2.72. The van der Waals surface area contributed by atoms with Crippen molar-refractivity contribution in [2.75, 3.05) is 59.1 Å². The van der Waals surface area contributed by atoms with Gasteiger partial charge in [0, 0.05) is 38.8 Å². The van der Waals surface area contributed by atoms with Crippen LogP contribution >= 0.6 is 0 Å². The molecule has 0 atom stereocenters. The summed E-state index contributed by atoms with van der Waals surface area (Å²) in [5.74, 6) is 0.755. The summed E-state index contributed by atoms with van der Waals surface area (Å²) < 4.78 is 10.9. The van der Waals surface area contributed by atoms with Crippen LogP contribution in [0.15, 0.2) is 24.3 Å². The average molecular weight is 389 g/mol. The first-order valence-corrected chi connectivity index (χ1v) is 10.4. The van der Waals surface area contributed by atoms with Gasteiger partial charge in [0.2, 0.25) is 0 Å². The minimum Gasteiger partial charge on any atom is -0.484 e. The Morgan fingerprint density at radius 3 is 2.39 bits per heavy atom. The zero-order valence-corrected chi connectivity index (χ0v) is 16.5. The molecule has 1 aromatic rings. The fraction of sp³-hybridized carbons (Fsp3) is 0.667. The van der Waals surface area contributed by atoms with E-state index in [1.54, 1.807) is 4.90 Å². The highest BCUT2D eigenvalue weighted by Gasteiger charge is 2.32. The fourth-order valence-electron chi connectivity index (χ4n) is 4.23. The van der Waals surface area contributed by atoms with E-state index in [0.717, 1.165) is 38.5 Å². The molecule has 4 rings (SSSR count). The number of hydrogen-bond donors (Lipinski definition) is 1. The maximum Gasteiger partial charge on any atom is 0.260 e. The van der Waals surface area contributed by atoms with Gasteiger partial charge in [0.15, 0.2) is 6.61 Å². The summed E-state index contributed by atoms with van der Waals surface area (Å²) >= 11 is 0. The molecule has 3 saturated heterocycles. The molecule has 0 saturated carbocycles. The number of hydrogen-bond acceptors (Lipinski definition) is 6. The van der Waals surface area contributed by atoms with E-state index in [0.29, 0.717) is 32.3 Å². The second-order valence-corrected chi connectivity index (χ2v) is 8.04. The van der Waals surface area contributed by atoms with E-state index in [9.17, 15) is 9.90 Å². The van der Waals surface area contributed by atoms with E-state index in [1.165, 1.54) is 18.4 Å². The summed E-state index contributed by atoms with van der Waals surface area (Å²) in [4.78, 5) is 18.8. The number of aliphatic hydroxyl groups excluding tert-OH is 1. The number of piperidine rings is 1. The molecule has 3 heterocycles. The molecular formula is C21H31N3O4. The highest BCUT2D eigenvalue weighted by Crippen LogP contribution is 2.23. The third-order valence-corrected chi connectivity index (χ3v) is 6.02. The number of rotatable bonds is 6. The van der Waals surface area contributed by atoms with Crippen LogP contribution in [0.3, 0.4) is 0 Å². The summed E-state index contributed by atoms with van der Waals surface area (Å²) in [6.07, 6.45) is 2.25. The number of morpholine rings is 1. The van der Waals surface area contributed by atoms with Gasteiger partial charge in [-0.1, -0.05) is 12.1 Å². The van der Waals surface area contributed by atoms with Crippen LogP contribution in [0.4, 0.5) is 0 Å². The predicted molar refractivity (Wildman–Crippen MR) is 105 cm³/mol. The Hall–Kier alpha value is -1.67. The second kappa shape index (κ2) is 9.22. The van der Waals surface area contributed by atoms with Gasteiger partial charge < -0.3 is 19.5 Å². The summed E-state index contributed by atoms with van der Waals surface area (Å²) in [5, 5.41) is 9.46. The van der Waals surface area contributed by atoms with Crippen molar-refractivity contribution in [3.63, 3.8) is 0 Å². The quantitative estimate of drug-likeness (QED) is 0.767. The van der Waals surface area contributed by atoms with Crippen molar-refractivity contribution in [2.45, 2.75) is 31.5 Å². The first kappa shape index (κ1) is 19.6. The smallest absolute Gasteiger partial charge is 0.260 e. The Morgan fingerprint density at radius 2 is 1.75 bits per heavy atom. The van der Waals surface area contributed by atoms with Crippen LogP contribution in [0.5, 0.6) is 5.75 Å². The van der Waals surface area contributed by atoms with Crippen molar-refractivity contribution in [1.29, 1.82) is 0 Å². The van der Waals surface area contributed by atoms with Crippen molar-refractivity contribution in [2.24, 2.45) is 0 Å². The number of carbonyl (C=O) groups excluding carboxylic acids is 1. The zero-order chi connectivity index (χ0) is 19.3. The predicted octanol–water partition coefficient (Wildman–Crippen LogP) is 0.565. The number of likely N-dealkylation sites (tertiary alicyclic amines) is 2. The zero-order valence-electron chi connectivity index (χ0n) is 16.5. The Bertz CT molecular complexity index is 634. The number of carbonyl (C=O) groups is 1. The van der Waals surface area contributed by atoms with Crippen LogP contribution in [0.2, 0.25) is 0 Å². The Kier molecular flexibility index (Phi) is 6.47. The summed E-state index contributed by atoms with van der Waals surface area (Å²) in [6, 6.07) is 8.73. The van der Waals surface area contributed by atoms with Crippen LogP contribution in [0, 0.1) is 0 Å². The molecule has 0 aromatic heterocycles. The molecule has 0 radical (unpaired) electrons. The Balaban J connectivity index is 1.18. The lowest BCUT2D eigenvalue weighted by Crippen LogP contribution is -2.57. The van der Waals surface area contributed by atoms with E-state index in [-0.39, 0.29) is 18.6 Å². The lowest BCUT2D eigenvalue weighted by molar-refractivity contribution is -0.137. The van der Waals surface area contributed by atoms with E-state index < -0.39 is 0 Å². The topological polar surface area (TPSA) is 65.5 Å². The lowest BCUT2D eigenvalue weighted by atomic mass is 9.98. The maximum absolute atomic E-state index is 12.1. The number of β-amino-alcohol motifs (C(OH)–C–C–N with tert-alkyl or cyclic N) is 1. The number of nitrogens with zero attached hydrogens (tertiary/aromatic N) is 3. The molecule has 1 amide bonds. The fourth-order valence-corrected chi connectivity index (χ4v) is 4.23. The Morgan fingerprint density at radius 1 is 1.07 bits per heavy atom. The monoisotopic (exact) mass is 389 g/mol. The van der Waals surface area contributed by atoms with Gasteiger partial charge in [-0.25, -0.2) is 0 Å². The van der Waals surface area contributed by atoms with Crippen LogP contribution in [-0.2, 0) is 16.1 Å². The minimum absolute atomic E-state index is 0.0185. The third kappa shape index (κ3) is 5.03. The molecule has 3 fully saturated rings. The molecule has 0 unspecified atom stereocenters. The van der Waals surface area contributed by atoms with Gasteiger partial charge >= 0.3 is 0 Å². The third-order valence-electron chi connectivity index (χ3n) is 6.02. The maximum atomic E-state index is 12.1. The molecule has 1 N–H and O–H groups in total. The first-order valence-electron chi connectivity index (χ1n) is 10.4. The summed E-state index contributed by atoms with van der Waals surface area (Å²) in [7, 11) is 0. The molecule has 0 bridgehead atoms. The van der Waals surface area contributed by atoms with Crippen molar-refractivity contribution in [3.8, 4) is 5.75 Å². The normalized spacial score (nSPS) is 22.8. The van der Waals surface area contributed by atoms with Crippen molar-refractivity contribution >= 4 is 5.91 Å². The van der Waals surface area contributed by atoms with E-state index in [1.807, 2.05) is 12.1 Å². The molecular weight excluding hydrogens is 358 g/mol. The molecule has 3 aliphatic rings. The van der Waals surface area contributed by atoms with E-state index in [2.05, 4.69) is 21.9 Å². The Labute approximate surface area is 166 Å². The molecule has 28 heavy (non-hydrogen) atoms. The number of aliphatic hydroxyl groups is 1. The lowest BCUT2D eigenvalue weighted by Gasteiger charge is -2.45. The summed E-state index contributed by atoms with van der Waals surface area (Å²) in [6.45, 7) is 7.44. The minimum atomic E-state index is -0.108. The van der Waals surface area contributed by atoms with Crippen LogP contribution < -0.4 is 4.74 Å². The molecule has 3 aliphatic heterocycles. The molecule has 0 spiro atoms. The van der Waals surface area contributed by atoms with Crippen molar-refractivity contribution in [1.82, 2.24) is 14.7 Å². The molecule has 1 aromatic carbocycles. The number of ether oxygens (including phenoxy) is 2. The van der Waals surface area contributed by atoms with Gasteiger partial charge in [-0.05, 0) is 43.6 Å². The largest absolute Gasteiger partial charge is 0.484 e.